The molecule has 0 bridgehead atoms. The zero-order chi connectivity index (χ0) is 22.7. The van der Waals surface area contributed by atoms with Crippen LogP contribution in [0.2, 0.25) is 0 Å². The van der Waals surface area contributed by atoms with Crippen LogP contribution in [-0.2, 0) is 23.6 Å². The van der Waals surface area contributed by atoms with Crippen LogP contribution in [0.5, 0.6) is 0 Å². The molecule has 2 rings (SSSR count). The summed E-state index contributed by atoms with van der Waals surface area (Å²) in [5, 5.41) is 10.8. The van der Waals surface area contributed by atoms with Crippen LogP contribution in [0.15, 0.2) is 42.5 Å². The minimum absolute atomic E-state index is 0.112. The molecule has 0 spiro atoms. The van der Waals surface area contributed by atoms with Crippen LogP contribution in [0.3, 0.4) is 0 Å². The van der Waals surface area contributed by atoms with E-state index >= 15 is 0 Å². The Labute approximate surface area is 166 Å². The van der Waals surface area contributed by atoms with Crippen molar-refractivity contribution in [3.63, 3.8) is 0 Å². The van der Waals surface area contributed by atoms with Gasteiger partial charge in [0.05, 0.1) is 22.8 Å². The summed E-state index contributed by atoms with van der Waals surface area (Å²) in [7, 11) is 0. The summed E-state index contributed by atoms with van der Waals surface area (Å²) >= 11 is 0. The Morgan fingerprint density at radius 3 is 1.87 bits per heavy atom. The van der Waals surface area contributed by atoms with Crippen molar-refractivity contribution < 1.29 is 35.9 Å². The Morgan fingerprint density at radius 1 is 0.967 bits per heavy atom. The Morgan fingerprint density at radius 2 is 1.47 bits per heavy atom. The number of amides is 2. The number of nitrogens with one attached hydrogen (secondary N) is 1. The highest BCUT2D eigenvalue weighted by Crippen LogP contribution is 2.36. The molecule has 0 aliphatic rings. The molecule has 0 aliphatic carbocycles. The largest absolute Gasteiger partial charge is 0.416 e. The summed E-state index contributed by atoms with van der Waals surface area (Å²) in [6, 6.07) is 6.65. The predicted molar refractivity (Wildman–Crippen MR) is 91.8 cm³/mol. The molecule has 11 heteroatoms. The molecule has 3 N–H and O–H groups in total. The van der Waals surface area contributed by atoms with Crippen LogP contribution in [0.25, 0.3) is 0 Å². The molecule has 2 aromatic rings. The zero-order valence-electron chi connectivity index (χ0n) is 14.9. The molecule has 0 saturated carbocycles. The third-order valence-electron chi connectivity index (χ3n) is 4.02. The van der Waals surface area contributed by atoms with Crippen LogP contribution in [0, 0.1) is 11.3 Å². The van der Waals surface area contributed by atoms with Gasteiger partial charge in [-0.15, -0.1) is 0 Å². The second-order valence-electron chi connectivity index (χ2n) is 6.24. The quantitative estimate of drug-likeness (QED) is 0.713. The van der Waals surface area contributed by atoms with Gasteiger partial charge >= 0.3 is 12.4 Å². The van der Waals surface area contributed by atoms with Crippen molar-refractivity contribution in [2.45, 2.75) is 24.8 Å². The smallest absolute Gasteiger partial charge is 0.368 e. The lowest BCUT2D eigenvalue weighted by Crippen LogP contribution is -2.46. The van der Waals surface area contributed by atoms with Gasteiger partial charge in [0.15, 0.2) is 0 Å². The molecule has 30 heavy (non-hydrogen) atoms. The first-order valence-corrected chi connectivity index (χ1v) is 8.20. The molecule has 2 amide bonds. The SMILES string of the molecule is N#Cc1ccc(C[C@@H](NC(=O)c2cc(C(F)(F)F)cc(C(F)(F)F)c2)C(N)=O)cc1. The summed E-state index contributed by atoms with van der Waals surface area (Å²) < 4.78 is 77.7. The lowest BCUT2D eigenvalue weighted by atomic mass is 10.0. The number of halogens is 6. The van der Waals surface area contributed by atoms with Crippen molar-refractivity contribution in [1.82, 2.24) is 5.32 Å². The van der Waals surface area contributed by atoms with Gasteiger partial charge in [0.1, 0.15) is 6.04 Å². The monoisotopic (exact) mass is 429 g/mol. The van der Waals surface area contributed by atoms with Crippen LogP contribution < -0.4 is 11.1 Å². The molecular formula is C19H13F6N3O2. The maximum Gasteiger partial charge on any atom is 0.416 e. The van der Waals surface area contributed by atoms with Crippen molar-refractivity contribution >= 4 is 11.8 Å². The van der Waals surface area contributed by atoms with E-state index < -0.39 is 46.9 Å². The summed E-state index contributed by atoms with van der Waals surface area (Å²) in [6.07, 6.45) is -10.4. The van der Waals surface area contributed by atoms with E-state index in [0.29, 0.717) is 11.1 Å². The second kappa shape index (κ2) is 8.44. The lowest BCUT2D eigenvalue weighted by Gasteiger charge is -2.18. The maximum absolute atomic E-state index is 12.9. The van der Waals surface area contributed by atoms with Crippen molar-refractivity contribution in [2.24, 2.45) is 5.73 Å². The Kier molecular flexibility index (Phi) is 6.40. The first kappa shape index (κ1) is 22.7. The van der Waals surface area contributed by atoms with Gasteiger partial charge in [0.2, 0.25) is 5.91 Å². The molecule has 0 aliphatic heterocycles. The highest BCUT2D eigenvalue weighted by atomic mass is 19.4. The molecule has 0 saturated heterocycles. The van der Waals surface area contributed by atoms with Gasteiger partial charge in [-0.2, -0.15) is 31.6 Å². The van der Waals surface area contributed by atoms with Crippen molar-refractivity contribution in [3.8, 4) is 6.07 Å². The van der Waals surface area contributed by atoms with Crippen molar-refractivity contribution in [2.75, 3.05) is 0 Å². The van der Waals surface area contributed by atoms with E-state index in [2.05, 4.69) is 5.32 Å². The Hall–Kier alpha value is -3.55. The van der Waals surface area contributed by atoms with E-state index in [1.54, 1.807) is 0 Å². The summed E-state index contributed by atoms with van der Waals surface area (Å²) in [6.45, 7) is 0. The zero-order valence-corrected chi connectivity index (χ0v) is 14.9. The summed E-state index contributed by atoms with van der Waals surface area (Å²) in [5.41, 5.74) is 1.73. The number of rotatable bonds is 5. The molecule has 0 unspecified atom stereocenters. The van der Waals surface area contributed by atoms with Gasteiger partial charge < -0.3 is 11.1 Å². The number of hydrogen-bond donors (Lipinski definition) is 2. The number of nitrogens with two attached hydrogens (primary N) is 1. The van der Waals surface area contributed by atoms with Gasteiger partial charge in [-0.05, 0) is 35.9 Å². The van der Waals surface area contributed by atoms with Gasteiger partial charge in [-0.25, -0.2) is 0 Å². The third kappa shape index (κ3) is 5.73. The standard InChI is InChI=1S/C19H13F6N3O2/c20-18(21,22)13-6-12(7-14(8-13)19(23,24)25)17(30)28-15(16(27)29)5-10-1-3-11(9-26)4-2-10/h1-4,6-8,15H,5H2,(H2,27,29)(H,28,30)/t15-/m1/s1. The first-order valence-electron chi connectivity index (χ1n) is 8.20. The van der Waals surface area contributed by atoms with Gasteiger partial charge in [0.25, 0.3) is 5.91 Å². The van der Waals surface area contributed by atoms with Crippen LogP contribution >= 0.6 is 0 Å². The average molecular weight is 429 g/mol. The molecule has 0 radical (unpaired) electrons. The predicted octanol–water partition coefficient (Wildman–Crippen LogP) is 3.42. The molecule has 5 nitrogen and oxygen atoms in total. The summed E-state index contributed by atoms with van der Waals surface area (Å²) in [4.78, 5) is 24.0. The minimum Gasteiger partial charge on any atom is -0.368 e. The normalized spacial score (nSPS) is 12.7. The number of hydrogen-bond acceptors (Lipinski definition) is 3. The highest BCUT2D eigenvalue weighted by molar-refractivity contribution is 5.97. The molecule has 0 aromatic heterocycles. The number of nitriles is 1. The topological polar surface area (TPSA) is 96.0 Å². The van der Waals surface area contributed by atoms with Crippen molar-refractivity contribution in [1.29, 1.82) is 5.26 Å². The first-order chi connectivity index (χ1) is 13.8. The number of primary amides is 1. The molecule has 0 heterocycles. The Balaban J connectivity index is 2.32. The second-order valence-corrected chi connectivity index (χ2v) is 6.24. The minimum atomic E-state index is -5.12. The number of carbonyl (C=O) groups excluding carboxylic acids is 2. The van der Waals surface area contributed by atoms with E-state index in [4.69, 9.17) is 11.0 Å². The number of alkyl halides is 6. The van der Waals surface area contributed by atoms with Gasteiger partial charge in [-0.1, -0.05) is 12.1 Å². The maximum atomic E-state index is 12.9. The average Bonchev–Trinajstić information content (AvgIpc) is 2.66. The molecule has 0 fully saturated rings. The fourth-order valence-electron chi connectivity index (χ4n) is 2.50. The van der Waals surface area contributed by atoms with E-state index in [0.717, 1.165) is 0 Å². The van der Waals surface area contributed by atoms with E-state index in [-0.39, 0.29) is 24.6 Å². The lowest BCUT2D eigenvalue weighted by molar-refractivity contribution is -0.143. The van der Waals surface area contributed by atoms with Crippen LogP contribution in [0.1, 0.15) is 32.6 Å². The highest BCUT2D eigenvalue weighted by Gasteiger charge is 2.37. The summed E-state index contributed by atoms with van der Waals surface area (Å²) in [5.74, 6) is -2.38. The van der Waals surface area contributed by atoms with Crippen LogP contribution in [0.4, 0.5) is 26.3 Å². The van der Waals surface area contributed by atoms with Crippen molar-refractivity contribution in [3.05, 3.63) is 70.3 Å². The number of nitrogens with zero attached hydrogens (tertiary/aromatic N) is 1. The van der Waals surface area contributed by atoms with E-state index in [9.17, 15) is 35.9 Å². The fourth-order valence-corrected chi connectivity index (χ4v) is 2.50. The van der Waals surface area contributed by atoms with Crippen LogP contribution in [-0.4, -0.2) is 17.9 Å². The van der Waals surface area contributed by atoms with Gasteiger partial charge in [0, 0.05) is 12.0 Å². The molecule has 1 atom stereocenters. The number of carbonyl (C=O) groups is 2. The third-order valence-corrected chi connectivity index (χ3v) is 4.02. The van der Waals surface area contributed by atoms with E-state index in [1.807, 2.05) is 6.07 Å². The van der Waals surface area contributed by atoms with E-state index in [1.165, 1.54) is 24.3 Å². The fraction of sp³-hybridized carbons (Fsp3) is 0.211. The Bertz CT molecular complexity index is 959. The number of benzene rings is 2. The van der Waals surface area contributed by atoms with Gasteiger partial charge in [-0.3, -0.25) is 9.59 Å². The molecule has 2 aromatic carbocycles. The molecular weight excluding hydrogens is 416 g/mol. The molecule has 158 valence electrons.